The van der Waals surface area contributed by atoms with Gasteiger partial charge in [0.2, 0.25) is 0 Å². The molecule has 6 heteroatoms. The summed E-state index contributed by atoms with van der Waals surface area (Å²) in [5.74, 6) is 0.368. The van der Waals surface area contributed by atoms with E-state index in [1.54, 1.807) is 29.8 Å². The SMILES string of the molecule is Cn1c(CN2CCC(Cc3cccc(F)c3)CC2)cc(=O)n(C)c1=O. The summed E-state index contributed by atoms with van der Waals surface area (Å²) in [5, 5.41) is 0. The van der Waals surface area contributed by atoms with Crippen LogP contribution in [0.2, 0.25) is 0 Å². The Bertz CT molecular complexity index is 864. The van der Waals surface area contributed by atoms with Crippen LogP contribution in [0.15, 0.2) is 39.9 Å². The van der Waals surface area contributed by atoms with Crippen molar-refractivity contribution in [1.82, 2.24) is 14.0 Å². The first-order valence-corrected chi connectivity index (χ1v) is 8.67. The van der Waals surface area contributed by atoms with Crippen LogP contribution in [0.25, 0.3) is 0 Å². The quantitative estimate of drug-likeness (QED) is 0.847. The van der Waals surface area contributed by atoms with Crippen LogP contribution in [0.4, 0.5) is 4.39 Å². The number of nitrogens with zero attached hydrogens (tertiary/aromatic N) is 3. The van der Waals surface area contributed by atoms with Crippen molar-refractivity contribution in [2.75, 3.05) is 13.1 Å². The van der Waals surface area contributed by atoms with E-state index in [-0.39, 0.29) is 17.1 Å². The first-order chi connectivity index (χ1) is 11.9. The number of halogens is 1. The van der Waals surface area contributed by atoms with Gasteiger partial charge in [0.1, 0.15) is 5.82 Å². The molecular weight excluding hydrogens is 321 g/mol. The molecule has 0 unspecified atom stereocenters. The molecule has 0 atom stereocenters. The van der Waals surface area contributed by atoms with Gasteiger partial charge in [0.15, 0.2) is 0 Å². The Kier molecular flexibility index (Phi) is 5.18. The lowest BCUT2D eigenvalue weighted by molar-refractivity contribution is 0.173. The fourth-order valence-corrected chi connectivity index (χ4v) is 3.51. The molecule has 0 aliphatic carbocycles. The van der Waals surface area contributed by atoms with E-state index >= 15 is 0 Å². The van der Waals surface area contributed by atoms with E-state index in [2.05, 4.69) is 4.90 Å². The molecule has 0 radical (unpaired) electrons. The molecular formula is C19H24FN3O2. The average Bonchev–Trinajstić information content (AvgIpc) is 2.59. The molecule has 1 aliphatic heterocycles. The molecule has 1 saturated heterocycles. The molecule has 3 rings (SSSR count). The first-order valence-electron chi connectivity index (χ1n) is 8.67. The second-order valence-corrected chi connectivity index (χ2v) is 6.93. The normalized spacial score (nSPS) is 16.3. The monoisotopic (exact) mass is 345 g/mol. The summed E-state index contributed by atoms with van der Waals surface area (Å²) in [5.41, 5.74) is 1.24. The lowest BCUT2D eigenvalue weighted by Crippen LogP contribution is -2.41. The lowest BCUT2D eigenvalue weighted by atomic mass is 9.90. The Morgan fingerprint density at radius 1 is 1.08 bits per heavy atom. The summed E-state index contributed by atoms with van der Waals surface area (Å²) in [6.45, 7) is 2.45. The smallest absolute Gasteiger partial charge is 0.299 e. The zero-order valence-electron chi connectivity index (χ0n) is 14.7. The standard InChI is InChI=1S/C19H24FN3O2/c1-21-17(12-18(24)22(2)19(21)25)13-23-8-6-14(7-9-23)10-15-4-3-5-16(20)11-15/h3-5,11-12,14H,6-10,13H2,1-2H3. The van der Waals surface area contributed by atoms with Gasteiger partial charge in [-0.05, 0) is 56.0 Å². The highest BCUT2D eigenvalue weighted by atomic mass is 19.1. The number of piperidine rings is 1. The van der Waals surface area contributed by atoms with Crippen molar-refractivity contribution in [2.45, 2.75) is 25.8 Å². The summed E-state index contributed by atoms with van der Waals surface area (Å²) in [6.07, 6.45) is 2.97. The summed E-state index contributed by atoms with van der Waals surface area (Å²) in [4.78, 5) is 26.1. The van der Waals surface area contributed by atoms with Crippen molar-refractivity contribution in [3.63, 3.8) is 0 Å². The predicted octanol–water partition coefficient (Wildman–Crippen LogP) is 1.68. The van der Waals surface area contributed by atoms with Crippen molar-refractivity contribution in [3.05, 3.63) is 68.2 Å². The summed E-state index contributed by atoms with van der Waals surface area (Å²) in [7, 11) is 3.19. The molecule has 2 aromatic rings. The van der Waals surface area contributed by atoms with Gasteiger partial charge in [0, 0.05) is 32.4 Å². The second kappa shape index (κ2) is 7.35. The highest BCUT2D eigenvalue weighted by molar-refractivity contribution is 5.17. The molecule has 5 nitrogen and oxygen atoms in total. The van der Waals surface area contributed by atoms with Crippen LogP contribution in [-0.2, 0) is 27.1 Å². The maximum Gasteiger partial charge on any atom is 0.330 e. The molecule has 0 N–H and O–H groups in total. The van der Waals surface area contributed by atoms with Crippen molar-refractivity contribution < 1.29 is 4.39 Å². The average molecular weight is 345 g/mol. The minimum Gasteiger partial charge on any atom is -0.299 e. The van der Waals surface area contributed by atoms with Crippen molar-refractivity contribution in [3.8, 4) is 0 Å². The van der Waals surface area contributed by atoms with Crippen LogP contribution in [0.3, 0.4) is 0 Å². The Balaban J connectivity index is 1.60. The third-order valence-corrected chi connectivity index (χ3v) is 5.13. The predicted molar refractivity (Wildman–Crippen MR) is 95.0 cm³/mol. The van der Waals surface area contributed by atoms with Gasteiger partial charge >= 0.3 is 5.69 Å². The zero-order valence-corrected chi connectivity index (χ0v) is 14.7. The molecule has 0 amide bonds. The Morgan fingerprint density at radius 2 is 1.80 bits per heavy atom. The van der Waals surface area contributed by atoms with Crippen LogP contribution in [-0.4, -0.2) is 27.1 Å². The Labute approximate surface area is 146 Å². The number of hydrogen-bond acceptors (Lipinski definition) is 3. The van der Waals surface area contributed by atoms with E-state index in [4.69, 9.17) is 0 Å². The molecule has 1 aromatic heterocycles. The molecule has 25 heavy (non-hydrogen) atoms. The molecule has 0 bridgehead atoms. The van der Waals surface area contributed by atoms with E-state index in [0.717, 1.165) is 48.2 Å². The van der Waals surface area contributed by atoms with Crippen LogP contribution in [0.5, 0.6) is 0 Å². The van der Waals surface area contributed by atoms with Gasteiger partial charge in [-0.25, -0.2) is 9.18 Å². The third kappa shape index (κ3) is 4.07. The minimum atomic E-state index is -0.288. The van der Waals surface area contributed by atoms with Crippen molar-refractivity contribution in [2.24, 2.45) is 20.0 Å². The highest BCUT2D eigenvalue weighted by Gasteiger charge is 2.20. The fourth-order valence-electron chi connectivity index (χ4n) is 3.51. The van der Waals surface area contributed by atoms with Crippen molar-refractivity contribution in [1.29, 1.82) is 0 Å². The van der Waals surface area contributed by atoms with Crippen LogP contribution in [0, 0.1) is 11.7 Å². The van der Waals surface area contributed by atoms with Gasteiger partial charge in [-0.1, -0.05) is 12.1 Å². The highest BCUT2D eigenvalue weighted by Crippen LogP contribution is 2.22. The topological polar surface area (TPSA) is 47.2 Å². The Hall–Kier alpha value is -2.21. The maximum atomic E-state index is 13.3. The van der Waals surface area contributed by atoms with Gasteiger partial charge in [-0.15, -0.1) is 0 Å². The molecule has 1 aliphatic rings. The van der Waals surface area contributed by atoms with Gasteiger partial charge in [-0.2, -0.15) is 0 Å². The molecule has 1 fully saturated rings. The number of rotatable bonds is 4. The number of aromatic nitrogens is 2. The van der Waals surface area contributed by atoms with Crippen molar-refractivity contribution >= 4 is 0 Å². The van der Waals surface area contributed by atoms with Gasteiger partial charge in [0.05, 0.1) is 0 Å². The number of benzene rings is 1. The summed E-state index contributed by atoms with van der Waals surface area (Å²) < 4.78 is 16.0. The van der Waals surface area contributed by atoms with E-state index in [0.29, 0.717) is 12.5 Å². The van der Waals surface area contributed by atoms with E-state index in [1.807, 2.05) is 6.07 Å². The van der Waals surface area contributed by atoms with Gasteiger partial charge < -0.3 is 0 Å². The van der Waals surface area contributed by atoms with Gasteiger partial charge in [0.25, 0.3) is 5.56 Å². The van der Waals surface area contributed by atoms with Crippen LogP contribution < -0.4 is 11.2 Å². The Morgan fingerprint density at radius 3 is 2.48 bits per heavy atom. The van der Waals surface area contributed by atoms with E-state index in [9.17, 15) is 14.0 Å². The molecule has 134 valence electrons. The largest absolute Gasteiger partial charge is 0.330 e. The number of hydrogen-bond donors (Lipinski definition) is 0. The zero-order chi connectivity index (χ0) is 18.0. The van der Waals surface area contributed by atoms with Gasteiger partial charge in [-0.3, -0.25) is 18.8 Å². The van der Waals surface area contributed by atoms with E-state index < -0.39 is 0 Å². The fraction of sp³-hybridized carbons (Fsp3) is 0.474. The first kappa shape index (κ1) is 17.6. The van der Waals surface area contributed by atoms with E-state index in [1.165, 1.54) is 13.1 Å². The van der Waals surface area contributed by atoms with Crippen LogP contribution in [0.1, 0.15) is 24.1 Å². The second-order valence-electron chi connectivity index (χ2n) is 6.93. The molecule has 2 heterocycles. The molecule has 0 spiro atoms. The third-order valence-electron chi connectivity index (χ3n) is 5.13. The summed E-state index contributed by atoms with van der Waals surface area (Å²) >= 11 is 0. The number of likely N-dealkylation sites (tertiary alicyclic amines) is 1. The molecule has 0 saturated carbocycles. The van der Waals surface area contributed by atoms with Crippen LogP contribution >= 0.6 is 0 Å². The summed E-state index contributed by atoms with van der Waals surface area (Å²) in [6, 6.07) is 8.36. The lowest BCUT2D eigenvalue weighted by Gasteiger charge is -2.32. The minimum absolute atomic E-state index is 0.179. The maximum absolute atomic E-state index is 13.3. The molecule has 1 aromatic carbocycles.